The van der Waals surface area contributed by atoms with Crippen molar-refractivity contribution in [3.8, 4) is 5.75 Å². The number of rotatable bonds is 4. The maximum absolute atomic E-state index is 14.3. The molecule has 1 saturated carbocycles. The van der Waals surface area contributed by atoms with Gasteiger partial charge in [0.05, 0.1) is 12.0 Å². The predicted molar refractivity (Wildman–Crippen MR) is 133 cm³/mol. The molecular formula is C28H23ClN2O4. The van der Waals surface area contributed by atoms with Crippen LogP contribution in [0.2, 0.25) is 5.02 Å². The molecule has 2 N–H and O–H groups in total. The number of hydrogen-bond donors (Lipinski definition) is 2. The number of Topliss-reactive ketones (excluding diaryl/α,β-unsaturated/α-hetero) is 1. The summed E-state index contributed by atoms with van der Waals surface area (Å²) in [5.74, 6) is -0.744. The second-order valence-corrected chi connectivity index (χ2v) is 10.1. The van der Waals surface area contributed by atoms with E-state index >= 15 is 0 Å². The SMILES string of the molecule is O=C1C2=CC=CC3C=CC=C(C23)C12N[C@@H](Cc1ccc(O)cc1)[C@@H]([N+](=O)[O-])[C@H]2c1ccc(Cl)cc1. The van der Waals surface area contributed by atoms with Crippen LogP contribution >= 0.6 is 11.6 Å². The van der Waals surface area contributed by atoms with Gasteiger partial charge in [0.25, 0.3) is 0 Å². The molecular weight excluding hydrogens is 464 g/mol. The molecule has 1 spiro atoms. The third-order valence-corrected chi connectivity index (χ3v) is 8.10. The molecule has 1 heterocycles. The molecule has 2 aromatic carbocycles. The van der Waals surface area contributed by atoms with Crippen molar-refractivity contribution in [3.05, 3.63) is 122 Å². The summed E-state index contributed by atoms with van der Waals surface area (Å²) in [5, 5.41) is 26.4. The zero-order valence-corrected chi connectivity index (χ0v) is 19.4. The highest BCUT2D eigenvalue weighted by Crippen LogP contribution is 2.57. The van der Waals surface area contributed by atoms with Crippen molar-refractivity contribution >= 4 is 17.4 Å². The number of hydrogen-bond acceptors (Lipinski definition) is 5. The van der Waals surface area contributed by atoms with E-state index in [0.29, 0.717) is 22.6 Å². The highest BCUT2D eigenvalue weighted by molar-refractivity contribution is 6.30. The Morgan fingerprint density at radius 2 is 1.71 bits per heavy atom. The number of carbonyl (C=O) groups is 1. The molecule has 4 aliphatic rings. The van der Waals surface area contributed by atoms with Crippen LogP contribution in [0.1, 0.15) is 17.0 Å². The van der Waals surface area contributed by atoms with Crippen molar-refractivity contribution in [3.63, 3.8) is 0 Å². The first-order valence-electron chi connectivity index (χ1n) is 11.7. The van der Waals surface area contributed by atoms with Gasteiger partial charge in [0.15, 0.2) is 5.78 Å². The van der Waals surface area contributed by atoms with Gasteiger partial charge in [-0.05, 0) is 47.4 Å². The summed E-state index contributed by atoms with van der Waals surface area (Å²) in [5.41, 5.74) is 1.93. The molecule has 35 heavy (non-hydrogen) atoms. The number of carbonyl (C=O) groups excluding carboxylic acids is 1. The molecule has 1 saturated heterocycles. The Morgan fingerprint density at radius 1 is 1.03 bits per heavy atom. The summed E-state index contributed by atoms with van der Waals surface area (Å²) in [6, 6.07) is 12.1. The van der Waals surface area contributed by atoms with Crippen LogP contribution in [0.25, 0.3) is 0 Å². The Labute approximate surface area is 207 Å². The van der Waals surface area contributed by atoms with Gasteiger partial charge in [-0.15, -0.1) is 0 Å². The maximum Gasteiger partial charge on any atom is 0.237 e. The zero-order valence-electron chi connectivity index (χ0n) is 18.7. The van der Waals surface area contributed by atoms with E-state index in [-0.39, 0.29) is 28.3 Å². The van der Waals surface area contributed by atoms with Crippen molar-refractivity contribution in [2.75, 3.05) is 0 Å². The minimum absolute atomic E-state index is 0.0520. The van der Waals surface area contributed by atoms with Crippen molar-refractivity contribution < 1.29 is 14.8 Å². The minimum atomic E-state index is -1.22. The van der Waals surface area contributed by atoms with E-state index in [1.54, 1.807) is 48.5 Å². The smallest absolute Gasteiger partial charge is 0.237 e. The molecule has 2 fully saturated rings. The first-order chi connectivity index (χ1) is 16.9. The quantitative estimate of drug-likeness (QED) is 0.489. The molecule has 6 rings (SSSR count). The second-order valence-electron chi connectivity index (χ2n) is 9.63. The number of benzene rings is 2. The van der Waals surface area contributed by atoms with E-state index in [1.807, 2.05) is 24.3 Å². The summed E-state index contributed by atoms with van der Waals surface area (Å²) in [7, 11) is 0. The summed E-state index contributed by atoms with van der Waals surface area (Å²) in [6.45, 7) is 0. The standard InChI is InChI=1S/C28H23ClN2O4/c29-19-11-9-18(10-12-19)25-26(31(34)35)23(15-16-7-13-20(32)14-8-16)30-28(25)22-6-2-4-17-3-1-5-21(24(17)22)27(28)33/h1-14,17,23-26,30,32H,15H2/t17?,23-,24?,25+,26+,28?/m0/s1. The first kappa shape index (κ1) is 22.0. The number of aromatic hydroxyl groups is 1. The molecule has 0 radical (unpaired) electrons. The molecule has 0 bridgehead atoms. The lowest BCUT2D eigenvalue weighted by molar-refractivity contribution is -0.526. The van der Waals surface area contributed by atoms with Crippen LogP contribution in [-0.4, -0.2) is 33.4 Å². The number of ketones is 1. The number of nitrogens with one attached hydrogen (secondary N) is 1. The van der Waals surface area contributed by atoms with E-state index in [2.05, 4.69) is 17.5 Å². The van der Waals surface area contributed by atoms with E-state index in [4.69, 9.17) is 11.6 Å². The fraction of sp³-hybridized carbons (Fsp3) is 0.250. The van der Waals surface area contributed by atoms with Gasteiger partial charge in [-0.25, -0.2) is 0 Å². The Kier molecular flexibility index (Phi) is 5.06. The Morgan fingerprint density at radius 3 is 2.40 bits per heavy atom. The Hall–Kier alpha value is -3.48. The maximum atomic E-state index is 14.3. The molecule has 0 amide bonds. The second kappa shape index (κ2) is 8.04. The van der Waals surface area contributed by atoms with Gasteiger partial charge < -0.3 is 5.11 Å². The number of fused-ring (bicyclic) bond motifs is 1. The fourth-order valence-electron chi connectivity index (χ4n) is 6.47. The van der Waals surface area contributed by atoms with E-state index in [1.165, 1.54) is 0 Å². The largest absolute Gasteiger partial charge is 0.508 e. The predicted octanol–water partition coefficient (Wildman–Crippen LogP) is 4.54. The number of allylic oxidation sites excluding steroid dienone is 6. The molecule has 7 heteroatoms. The van der Waals surface area contributed by atoms with Crippen LogP contribution in [-0.2, 0) is 11.2 Å². The van der Waals surface area contributed by atoms with Crippen LogP contribution in [0.3, 0.4) is 0 Å². The summed E-state index contributed by atoms with van der Waals surface area (Å²) in [4.78, 5) is 26.7. The van der Waals surface area contributed by atoms with Crippen LogP contribution in [0.15, 0.2) is 96.1 Å². The normalized spacial score (nSPS) is 32.5. The van der Waals surface area contributed by atoms with Crippen molar-refractivity contribution in [2.24, 2.45) is 11.8 Å². The third-order valence-electron chi connectivity index (χ3n) is 7.85. The molecule has 2 aromatic rings. The zero-order chi connectivity index (χ0) is 24.3. The molecule has 176 valence electrons. The van der Waals surface area contributed by atoms with Crippen molar-refractivity contribution in [1.82, 2.24) is 5.32 Å². The molecule has 3 unspecified atom stereocenters. The van der Waals surface area contributed by atoms with Gasteiger partial charge >= 0.3 is 0 Å². The number of phenols is 1. The average molecular weight is 487 g/mol. The molecule has 3 aliphatic carbocycles. The van der Waals surface area contributed by atoms with Crippen LogP contribution in [0.4, 0.5) is 0 Å². The Balaban J connectivity index is 1.54. The van der Waals surface area contributed by atoms with Gasteiger partial charge in [0.2, 0.25) is 6.04 Å². The van der Waals surface area contributed by atoms with E-state index in [9.17, 15) is 20.0 Å². The van der Waals surface area contributed by atoms with Gasteiger partial charge in [0, 0.05) is 27.4 Å². The molecule has 6 atom stereocenters. The number of nitro groups is 1. The molecule has 1 aliphatic heterocycles. The monoisotopic (exact) mass is 486 g/mol. The fourth-order valence-corrected chi connectivity index (χ4v) is 6.60. The highest BCUT2D eigenvalue weighted by Gasteiger charge is 2.69. The minimum Gasteiger partial charge on any atom is -0.508 e. The number of nitrogens with zero attached hydrogens (tertiary/aromatic N) is 1. The van der Waals surface area contributed by atoms with Crippen LogP contribution in [0, 0.1) is 22.0 Å². The lowest BCUT2D eigenvalue weighted by Gasteiger charge is -2.34. The third kappa shape index (κ3) is 3.24. The van der Waals surface area contributed by atoms with Gasteiger partial charge in [0.1, 0.15) is 11.3 Å². The first-order valence-corrected chi connectivity index (χ1v) is 12.0. The number of phenolic OH excluding ortho intramolecular Hbond substituents is 1. The summed E-state index contributed by atoms with van der Waals surface area (Å²) in [6.07, 6.45) is 12.2. The van der Waals surface area contributed by atoms with Gasteiger partial charge in [-0.1, -0.05) is 72.3 Å². The van der Waals surface area contributed by atoms with Crippen LogP contribution in [0.5, 0.6) is 5.75 Å². The van der Waals surface area contributed by atoms with E-state index in [0.717, 1.165) is 11.1 Å². The topological polar surface area (TPSA) is 92.5 Å². The highest BCUT2D eigenvalue weighted by atomic mass is 35.5. The van der Waals surface area contributed by atoms with Gasteiger partial charge in [-0.2, -0.15) is 0 Å². The summed E-state index contributed by atoms with van der Waals surface area (Å²) >= 11 is 6.15. The van der Waals surface area contributed by atoms with E-state index < -0.39 is 23.5 Å². The Bertz CT molecular complexity index is 1340. The number of halogens is 1. The van der Waals surface area contributed by atoms with Crippen molar-refractivity contribution in [1.29, 1.82) is 0 Å². The molecule has 0 aromatic heterocycles. The molecule has 6 nitrogen and oxygen atoms in total. The van der Waals surface area contributed by atoms with Crippen LogP contribution < -0.4 is 5.32 Å². The summed E-state index contributed by atoms with van der Waals surface area (Å²) < 4.78 is 0. The lowest BCUT2D eigenvalue weighted by atomic mass is 9.70. The lowest BCUT2D eigenvalue weighted by Crippen LogP contribution is -2.52. The average Bonchev–Trinajstić information content (AvgIpc) is 3.31. The van der Waals surface area contributed by atoms with Gasteiger partial charge in [-0.3, -0.25) is 20.2 Å². The van der Waals surface area contributed by atoms with Crippen molar-refractivity contribution in [2.45, 2.75) is 30.0 Å².